The van der Waals surface area contributed by atoms with Gasteiger partial charge in [-0.15, -0.1) is 0 Å². The zero-order chi connectivity index (χ0) is 21.5. The minimum Gasteiger partial charge on any atom is -0.488 e. The van der Waals surface area contributed by atoms with E-state index in [0.29, 0.717) is 17.2 Å². The van der Waals surface area contributed by atoms with E-state index in [9.17, 15) is 9.18 Å². The van der Waals surface area contributed by atoms with Gasteiger partial charge in [-0.25, -0.2) is 9.82 Å². The van der Waals surface area contributed by atoms with Crippen molar-refractivity contribution >= 4 is 11.6 Å². The molecule has 0 saturated heterocycles. The maximum Gasteiger partial charge on any atom is 0.275 e. The van der Waals surface area contributed by atoms with Crippen LogP contribution in [0.4, 0.5) is 4.39 Å². The van der Waals surface area contributed by atoms with E-state index in [1.165, 1.54) is 17.7 Å². The molecule has 0 atom stereocenters. The number of ether oxygens (including phenoxy) is 1. The molecule has 1 N–H and O–H groups in total. The molecule has 31 heavy (non-hydrogen) atoms. The highest BCUT2D eigenvalue weighted by Crippen LogP contribution is 2.31. The highest BCUT2D eigenvalue weighted by atomic mass is 19.1. The lowest BCUT2D eigenvalue weighted by atomic mass is 9.83. The summed E-state index contributed by atoms with van der Waals surface area (Å²) in [6, 6.07) is 23.7. The molecule has 4 nitrogen and oxygen atoms in total. The quantitative estimate of drug-likeness (QED) is 0.513. The molecule has 0 spiro atoms. The monoisotopic (exact) mass is 416 g/mol. The van der Waals surface area contributed by atoms with Crippen molar-refractivity contribution in [3.8, 4) is 5.75 Å². The number of nitrogens with one attached hydrogen (secondary N) is 1. The number of amides is 1. The third-order valence-corrected chi connectivity index (χ3v) is 5.59. The molecule has 3 aromatic carbocycles. The van der Waals surface area contributed by atoms with Crippen molar-refractivity contribution in [1.29, 1.82) is 0 Å². The minimum absolute atomic E-state index is 0.250. The summed E-state index contributed by atoms with van der Waals surface area (Å²) in [5.74, 6) is 0.432. The van der Waals surface area contributed by atoms with Gasteiger partial charge >= 0.3 is 0 Å². The van der Waals surface area contributed by atoms with Crippen LogP contribution in [0.5, 0.6) is 5.75 Å². The van der Waals surface area contributed by atoms with Crippen molar-refractivity contribution in [3.05, 3.63) is 101 Å². The van der Waals surface area contributed by atoms with Crippen molar-refractivity contribution < 1.29 is 13.9 Å². The molecule has 3 aromatic rings. The Labute approximate surface area is 181 Å². The molecule has 0 heterocycles. The fraction of sp³-hybridized carbons (Fsp3) is 0.231. The minimum atomic E-state index is -0.299. The number of para-hydroxylation sites is 1. The first-order chi connectivity index (χ1) is 15.2. The Kier molecular flexibility index (Phi) is 6.72. The number of benzene rings is 3. The number of rotatable bonds is 6. The van der Waals surface area contributed by atoms with Crippen LogP contribution < -0.4 is 10.2 Å². The van der Waals surface area contributed by atoms with Gasteiger partial charge in [0.25, 0.3) is 5.91 Å². The van der Waals surface area contributed by atoms with Gasteiger partial charge in [0.05, 0.1) is 5.56 Å². The van der Waals surface area contributed by atoms with Crippen molar-refractivity contribution in [2.75, 3.05) is 0 Å². The van der Waals surface area contributed by atoms with Crippen LogP contribution in [0.1, 0.15) is 53.1 Å². The van der Waals surface area contributed by atoms with Gasteiger partial charge in [-0.3, -0.25) is 4.79 Å². The first-order valence-corrected chi connectivity index (χ1v) is 10.6. The maximum absolute atomic E-state index is 13.1. The van der Waals surface area contributed by atoms with Crippen molar-refractivity contribution in [2.45, 2.75) is 38.2 Å². The molecule has 1 aliphatic rings. The molecule has 0 bridgehead atoms. The Bertz CT molecular complexity index is 1040. The zero-order valence-electron chi connectivity index (χ0n) is 17.3. The van der Waals surface area contributed by atoms with E-state index in [1.807, 2.05) is 12.1 Å². The van der Waals surface area contributed by atoms with Crippen LogP contribution in [-0.2, 0) is 6.61 Å². The number of nitrogens with zero attached hydrogens (tertiary/aromatic N) is 1. The van der Waals surface area contributed by atoms with E-state index in [0.717, 1.165) is 37.0 Å². The van der Waals surface area contributed by atoms with Crippen LogP contribution in [0.2, 0.25) is 0 Å². The molecule has 4 rings (SSSR count). The molecular formula is C26H25FN2O2. The Balaban J connectivity index is 1.34. The molecule has 158 valence electrons. The molecule has 1 aliphatic carbocycles. The number of carbonyl (C=O) groups excluding carboxylic acids is 1. The summed E-state index contributed by atoms with van der Waals surface area (Å²) in [4.78, 5) is 12.7. The first-order valence-electron chi connectivity index (χ1n) is 10.6. The lowest BCUT2D eigenvalue weighted by Crippen LogP contribution is -2.22. The third kappa shape index (κ3) is 5.57. The van der Waals surface area contributed by atoms with E-state index in [1.54, 1.807) is 30.3 Å². The largest absolute Gasteiger partial charge is 0.488 e. The fourth-order valence-corrected chi connectivity index (χ4v) is 3.83. The summed E-state index contributed by atoms with van der Waals surface area (Å²) in [5, 5.41) is 4.38. The van der Waals surface area contributed by atoms with Crippen molar-refractivity contribution in [1.82, 2.24) is 5.43 Å². The second-order valence-corrected chi connectivity index (χ2v) is 7.72. The summed E-state index contributed by atoms with van der Waals surface area (Å²) < 4.78 is 18.9. The van der Waals surface area contributed by atoms with Crippen LogP contribution >= 0.6 is 0 Å². The Morgan fingerprint density at radius 1 is 0.935 bits per heavy atom. The number of hydrazone groups is 1. The third-order valence-electron chi connectivity index (χ3n) is 5.59. The van der Waals surface area contributed by atoms with Gasteiger partial charge in [-0.1, -0.05) is 54.6 Å². The molecule has 0 aliphatic heterocycles. The average molecular weight is 416 g/mol. The fourth-order valence-electron chi connectivity index (χ4n) is 3.83. The van der Waals surface area contributed by atoms with Crippen LogP contribution in [-0.4, -0.2) is 11.6 Å². The number of hydrogen-bond acceptors (Lipinski definition) is 3. The molecule has 1 fully saturated rings. The maximum atomic E-state index is 13.1. The molecule has 1 amide bonds. The predicted molar refractivity (Wildman–Crippen MR) is 120 cm³/mol. The van der Waals surface area contributed by atoms with Crippen LogP contribution in [0, 0.1) is 5.82 Å². The van der Waals surface area contributed by atoms with E-state index in [4.69, 9.17) is 4.74 Å². The summed E-state index contributed by atoms with van der Waals surface area (Å²) in [6.07, 6.45) is 3.83. The van der Waals surface area contributed by atoms with E-state index in [-0.39, 0.29) is 18.3 Å². The number of carbonyl (C=O) groups is 1. The highest BCUT2D eigenvalue weighted by molar-refractivity contribution is 5.98. The van der Waals surface area contributed by atoms with Gasteiger partial charge in [0.15, 0.2) is 0 Å². The first kappa shape index (κ1) is 20.8. The van der Waals surface area contributed by atoms with Crippen LogP contribution in [0.25, 0.3) is 0 Å². The van der Waals surface area contributed by atoms with E-state index >= 15 is 0 Å². The zero-order valence-corrected chi connectivity index (χ0v) is 17.3. The lowest BCUT2D eigenvalue weighted by Gasteiger charge is -2.23. The molecule has 1 saturated carbocycles. The molecule has 0 aromatic heterocycles. The van der Waals surface area contributed by atoms with Gasteiger partial charge in [0, 0.05) is 5.71 Å². The highest BCUT2D eigenvalue weighted by Gasteiger charge is 2.19. The van der Waals surface area contributed by atoms with E-state index < -0.39 is 0 Å². The Morgan fingerprint density at radius 3 is 2.35 bits per heavy atom. The molecular weight excluding hydrogens is 391 g/mol. The smallest absolute Gasteiger partial charge is 0.275 e. The summed E-state index contributed by atoms with van der Waals surface area (Å²) in [7, 11) is 0. The van der Waals surface area contributed by atoms with Crippen LogP contribution in [0.15, 0.2) is 84.0 Å². The number of halogens is 1. The second-order valence-electron chi connectivity index (χ2n) is 7.72. The predicted octanol–water partition coefficient (Wildman–Crippen LogP) is 5.85. The van der Waals surface area contributed by atoms with E-state index in [2.05, 4.69) is 34.8 Å². The lowest BCUT2D eigenvalue weighted by molar-refractivity contribution is 0.0950. The molecule has 5 heteroatoms. The Hall–Kier alpha value is -3.47. The van der Waals surface area contributed by atoms with Gasteiger partial charge < -0.3 is 4.74 Å². The van der Waals surface area contributed by atoms with Crippen LogP contribution in [0.3, 0.4) is 0 Å². The van der Waals surface area contributed by atoms with Crippen molar-refractivity contribution in [3.63, 3.8) is 0 Å². The molecule has 0 unspecified atom stereocenters. The summed E-state index contributed by atoms with van der Waals surface area (Å²) >= 11 is 0. The normalized spacial score (nSPS) is 15.9. The second kappa shape index (κ2) is 10.0. The van der Waals surface area contributed by atoms with Gasteiger partial charge in [0.1, 0.15) is 18.2 Å². The average Bonchev–Trinajstić information content (AvgIpc) is 2.83. The standard InChI is InChI=1S/C26H25FN2O2/c27-22-14-10-19(11-15-22)18-31-25-9-5-4-8-24(25)26(30)29-28-23-16-12-21(13-17-23)20-6-2-1-3-7-20/h1-11,14-15,21H,12-13,16-18H2,(H,29,30). The van der Waals surface area contributed by atoms with Gasteiger partial charge in [-0.2, -0.15) is 5.10 Å². The Morgan fingerprint density at radius 2 is 1.61 bits per heavy atom. The van der Waals surface area contributed by atoms with Gasteiger partial charge in [-0.05, 0) is 67.0 Å². The summed E-state index contributed by atoms with van der Waals surface area (Å²) in [6.45, 7) is 0.250. The summed E-state index contributed by atoms with van der Waals surface area (Å²) in [5.41, 5.74) is 6.33. The number of hydrogen-bond donors (Lipinski definition) is 1. The SMILES string of the molecule is O=C(NN=C1CCC(c2ccccc2)CC1)c1ccccc1OCc1ccc(F)cc1. The van der Waals surface area contributed by atoms with Gasteiger partial charge in [0.2, 0.25) is 0 Å². The topological polar surface area (TPSA) is 50.7 Å². The van der Waals surface area contributed by atoms with Crippen molar-refractivity contribution in [2.24, 2.45) is 5.10 Å². The molecule has 0 radical (unpaired) electrons.